The van der Waals surface area contributed by atoms with Crippen molar-refractivity contribution in [1.82, 2.24) is 20.2 Å². The lowest BCUT2D eigenvalue weighted by Gasteiger charge is -2.02. The van der Waals surface area contributed by atoms with E-state index in [1.807, 2.05) is 24.3 Å². The summed E-state index contributed by atoms with van der Waals surface area (Å²) in [7, 11) is 0. The van der Waals surface area contributed by atoms with E-state index >= 15 is 0 Å². The van der Waals surface area contributed by atoms with Crippen LogP contribution < -0.4 is 5.73 Å². The number of anilines is 1. The summed E-state index contributed by atoms with van der Waals surface area (Å²) >= 11 is 1.48. The number of nitrogen functional groups attached to an aromatic ring is 1. The van der Waals surface area contributed by atoms with Crippen LogP contribution in [0.4, 0.5) is 5.82 Å². The van der Waals surface area contributed by atoms with E-state index in [9.17, 15) is 0 Å². The van der Waals surface area contributed by atoms with E-state index in [4.69, 9.17) is 5.73 Å². The zero-order valence-corrected chi connectivity index (χ0v) is 9.61. The first-order chi connectivity index (χ1) is 8.34. The Morgan fingerprint density at radius 1 is 1.18 bits per heavy atom. The topological polar surface area (TPSA) is 80.5 Å². The van der Waals surface area contributed by atoms with Gasteiger partial charge < -0.3 is 5.73 Å². The molecular weight excluding hydrogens is 234 g/mol. The maximum atomic E-state index is 5.75. The first-order valence-electron chi connectivity index (χ1n) is 5.01. The van der Waals surface area contributed by atoms with Crippen LogP contribution in [0.3, 0.4) is 0 Å². The maximum absolute atomic E-state index is 5.75. The molecule has 0 aliphatic heterocycles. The van der Waals surface area contributed by atoms with Crippen LogP contribution in [0.25, 0.3) is 10.9 Å². The second-order valence-corrected chi connectivity index (χ2v) is 4.48. The van der Waals surface area contributed by atoms with E-state index in [-0.39, 0.29) is 0 Å². The molecule has 5 nitrogen and oxygen atoms in total. The molecule has 0 aliphatic carbocycles. The zero-order chi connectivity index (χ0) is 11.7. The molecule has 3 rings (SSSR count). The smallest absolute Gasteiger partial charge is 0.133 e. The molecule has 2 aromatic heterocycles. The molecule has 0 spiro atoms. The van der Waals surface area contributed by atoms with E-state index in [0.29, 0.717) is 5.82 Å². The average Bonchev–Trinajstić information content (AvgIpc) is 2.76. The fourth-order valence-electron chi connectivity index (χ4n) is 1.53. The van der Waals surface area contributed by atoms with Crippen LogP contribution in [0.15, 0.2) is 46.7 Å². The molecule has 84 valence electrons. The number of H-pyrrole nitrogens is 1. The van der Waals surface area contributed by atoms with Gasteiger partial charge in [0, 0.05) is 5.39 Å². The number of aromatic amines is 1. The Balaban J connectivity index is 2.09. The van der Waals surface area contributed by atoms with E-state index in [1.165, 1.54) is 11.8 Å². The summed E-state index contributed by atoms with van der Waals surface area (Å²) in [5.74, 6) is 0.553. The molecule has 0 saturated carbocycles. The predicted molar refractivity (Wildman–Crippen MR) is 66.7 cm³/mol. The van der Waals surface area contributed by atoms with Crippen LogP contribution in [0.2, 0.25) is 0 Å². The fraction of sp³-hybridized carbons (Fsp3) is 0. The number of fused-ring (bicyclic) bond motifs is 1. The van der Waals surface area contributed by atoms with Gasteiger partial charge in [-0.1, -0.05) is 30.0 Å². The number of nitrogens with zero attached hydrogens (tertiary/aromatic N) is 3. The average molecular weight is 243 g/mol. The van der Waals surface area contributed by atoms with Crippen LogP contribution in [-0.2, 0) is 0 Å². The first-order valence-corrected chi connectivity index (χ1v) is 5.82. The number of para-hydroxylation sites is 1. The SMILES string of the molecule is Nc1[nH]ncc1Sc1ncnc2ccccc12. The molecule has 2 heterocycles. The van der Waals surface area contributed by atoms with Crippen molar-refractivity contribution >= 4 is 28.5 Å². The Morgan fingerprint density at radius 2 is 2.06 bits per heavy atom. The molecule has 0 fully saturated rings. The molecular formula is C11H9N5S. The van der Waals surface area contributed by atoms with Crippen LogP contribution in [0.1, 0.15) is 0 Å². The van der Waals surface area contributed by atoms with Gasteiger partial charge in [0.15, 0.2) is 0 Å². The molecule has 6 heteroatoms. The van der Waals surface area contributed by atoms with Crippen LogP contribution in [0.5, 0.6) is 0 Å². The third kappa shape index (κ3) is 1.83. The largest absolute Gasteiger partial charge is 0.383 e. The van der Waals surface area contributed by atoms with Gasteiger partial charge in [0.1, 0.15) is 17.2 Å². The summed E-state index contributed by atoms with van der Waals surface area (Å²) in [6.07, 6.45) is 3.25. The van der Waals surface area contributed by atoms with Gasteiger partial charge in [0.25, 0.3) is 0 Å². The molecule has 0 atom stereocenters. The Bertz CT molecular complexity index is 658. The zero-order valence-electron chi connectivity index (χ0n) is 8.79. The lowest BCUT2D eigenvalue weighted by atomic mass is 10.2. The predicted octanol–water partition coefficient (Wildman–Crippen LogP) is 2.09. The maximum Gasteiger partial charge on any atom is 0.133 e. The highest BCUT2D eigenvalue weighted by Crippen LogP contribution is 2.32. The molecule has 0 bridgehead atoms. The van der Waals surface area contributed by atoms with Crippen molar-refractivity contribution in [3.63, 3.8) is 0 Å². The third-order valence-electron chi connectivity index (χ3n) is 2.35. The van der Waals surface area contributed by atoms with Gasteiger partial charge in [-0.2, -0.15) is 5.10 Å². The molecule has 3 N–H and O–H groups in total. The van der Waals surface area contributed by atoms with Crippen molar-refractivity contribution in [3.8, 4) is 0 Å². The van der Waals surface area contributed by atoms with Gasteiger partial charge in [-0.15, -0.1) is 0 Å². The Hall–Kier alpha value is -2.08. The molecule has 0 radical (unpaired) electrons. The molecule has 1 aromatic carbocycles. The van der Waals surface area contributed by atoms with E-state index < -0.39 is 0 Å². The number of rotatable bonds is 2. The number of aromatic nitrogens is 4. The van der Waals surface area contributed by atoms with Crippen molar-refractivity contribution in [2.24, 2.45) is 0 Å². The van der Waals surface area contributed by atoms with Crippen LogP contribution in [0, 0.1) is 0 Å². The van der Waals surface area contributed by atoms with Crippen molar-refractivity contribution in [3.05, 3.63) is 36.8 Å². The Morgan fingerprint density at radius 3 is 2.88 bits per heavy atom. The highest BCUT2D eigenvalue weighted by Gasteiger charge is 2.08. The molecule has 0 amide bonds. The lowest BCUT2D eigenvalue weighted by molar-refractivity contribution is 1.10. The first kappa shape index (κ1) is 10.1. The number of nitrogens with two attached hydrogens (primary N) is 1. The van der Waals surface area contributed by atoms with Gasteiger partial charge in [0.05, 0.1) is 16.6 Å². The Kier molecular flexibility index (Phi) is 2.41. The van der Waals surface area contributed by atoms with Gasteiger partial charge in [0.2, 0.25) is 0 Å². The van der Waals surface area contributed by atoms with E-state index in [2.05, 4.69) is 20.2 Å². The molecule has 3 aromatic rings. The third-order valence-corrected chi connectivity index (χ3v) is 3.41. The summed E-state index contributed by atoms with van der Waals surface area (Å²) in [5.41, 5.74) is 6.67. The van der Waals surface area contributed by atoms with Gasteiger partial charge >= 0.3 is 0 Å². The van der Waals surface area contributed by atoms with Crippen molar-refractivity contribution in [2.45, 2.75) is 9.92 Å². The monoisotopic (exact) mass is 243 g/mol. The number of benzene rings is 1. The summed E-state index contributed by atoms with van der Waals surface area (Å²) in [6, 6.07) is 7.87. The fourth-order valence-corrected chi connectivity index (χ4v) is 2.38. The van der Waals surface area contributed by atoms with Crippen LogP contribution >= 0.6 is 11.8 Å². The number of hydrogen-bond donors (Lipinski definition) is 2. The summed E-state index contributed by atoms with van der Waals surface area (Å²) in [5, 5.41) is 8.48. The van der Waals surface area contributed by atoms with Gasteiger partial charge in [-0.3, -0.25) is 5.10 Å². The number of nitrogens with one attached hydrogen (secondary N) is 1. The quantitative estimate of drug-likeness (QED) is 0.673. The summed E-state index contributed by atoms with van der Waals surface area (Å²) < 4.78 is 0. The van der Waals surface area contributed by atoms with E-state index in [0.717, 1.165) is 20.8 Å². The minimum atomic E-state index is 0.553. The van der Waals surface area contributed by atoms with Crippen molar-refractivity contribution in [1.29, 1.82) is 0 Å². The molecule has 0 saturated heterocycles. The van der Waals surface area contributed by atoms with Crippen molar-refractivity contribution < 1.29 is 0 Å². The molecule has 0 aliphatic rings. The van der Waals surface area contributed by atoms with Gasteiger partial charge in [-0.25, -0.2) is 9.97 Å². The standard InChI is InChI=1S/C11H9N5S/c12-10-9(5-15-16-10)17-11-7-3-1-2-4-8(7)13-6-14-11/h1-6H,(H3,12,15,16). The summed E-state index contributed by atoms with van der Waals surface area (Å²) in [4.78, 5) is 9.36. The number of hydrogen-bond acceptors (Lipinski definition) is 5. The van der Waals surface area contributed by atoms with E-state index in [1.54, 1.807) is 12.5 Å². The lowest BCUT2D eigenvalue weighted by Crippen LogP contribution is -1.89. The molecule has 17 heavy (non-hydrogen) atoms. The Labute approximate surface area is 101 Å². The van der Waals surface area contributed by atoms with Gasteiger partial charge in [-0.05, 0) is 6.07 Å². The minimum Gasteiger partial charge on any atom is -0.383 e. The minimum absolute atomic E-state index is 0.553. The molecule has 0 unspecified atom stereocenters. The highest BCUT2D eigenvalue weighted by molar-refractivity contribution is 7.99. The second kappa shape index (κ2) is 4.06. The highest BCUT2D eigenvalue weighted by atomic mass is 32.2. The second-order valence-electron chi connectivity index (χ2n) is 3.45. The summed E-state index contributed by atoms with van der Waals surface area (Å²) in [6.45, 7) is 0. The normalized spacial score (nSPS) is 10.8. The van der Waals surface area contributed by atoms with Crippen LogP contribution in [-0.4, -0.2) is 20.2 Å². The van der Waals surface area contributed by atoms with Crippen molar-refractivity contribution in [2.75, 3.05) is 5.73 Å².